The van der Waals surface area contributed by atoms with Gasteiger partial charge in [0.05, 0.1) is 0 Å². The van der Waals surface area contributed by atoms with Crippen LogP contribution in [0.3, 0.4) is 0 Å². The largest absolute Gasteiger partial charge is 0.433 e. The lowest BCUT2D eigenvalue weighted by molar-refractivity contribution is -0.141. The minimum atomic E-state index is -4.57. The van der Waals surface area contributed by atoms with Crippen LogP contribution in [0.15, 0.2) is 12.1 Å². The second kappa shape index (κ2) is 7.25. The van der Waals surface area contributed by atoms with Crippen LogP contribution in [0.25, 0.3) is 0 Å². The number of likely N-dealkylation sites (tertiary alicyclic amines) is 1. The van der Waals surface area contributed by atoms with Gasteiger partial charge in [0.25, 0.3) is 5.91 Å². The minimum absolute atomic E-state index is 0.0298. The molecule has 3 rings (SSSR count). The van der Waals surface area contributed by atoms with Crippen molar-refractivity contribution in [1.82, 2.24) is 15.2 Å². The average Bonchev–Trinajstić information content (AvgIpc) is 3.45. The van der Waals surface area contributed by atoms with E-state index in [0.717, 1.165) is 18.9 Å². The third-order valence-electron chi connectivity index (χ3n) is 5.03. The number of rotatable bonds is 4. The van der Waals surface area contributed by atoms with E-state index in [0.29, 0.717) is 38.0 Å². The van der Waals surface area contributed by atoms with Crippen molar-refractivity contribution in [3.8, 4) is 0 Å². The van der Waals surface area contributed by atoms with Crippen molar-refractivity contribution in [2.24, 2.45) is 5.92 Å². The Labute approximate surface area is 150 Å². The normalized spacial score (nSPS) is 18.7. The highest BCUT2D eigenvalue weighted by molar-refractivity contribution is 5.94. The molecule has 1 aromatic rings. The number of hydrogen-bond acceptors (Lipinski definition) is 3. The molecule has 1 saturated carbocycles. The SMILES string of the molecule is CNC(=O)CC1CCN(C(=O)c2cc(C3CC3)nc(C(F)(F)F)c2)CC1. The first-order chi connectivity index (χ1) is 12.3. The van der Waals surface area contributed by atoms with E-state index in [1.807, 2.05) is 0 Å². The third-order valence-corrected chi connectivity index (χ3v) is 5.03. The Morgan fingerprint density at radius 3 is 2.38 bits per heavy atom. The van der Waals surface area contributed by atoms with E-state index >= 15 is 0 Å². The van der Waals surface area contributed by atoms with E-state index in [2.05, 4.69) is 10.3 Å². The van der Waals surface area contributed by atoms with E-state index < -0.39 is 17.8 Å². The van der Waals surface area contributed by atoms with Crippen molar-refractivity contribution in [3.63, 3.8) is 0 Å². The quantitative estimate of drug-likeness (QED) is 0.888. The maximum atomic E-state index is 13.1. The summed E-state index contributed by atoms with van der Waals surface area (Å²) in [4.78, 5) is 29.4. The molecule has 0 atom stereocenters. The molecular weight excluding hydrogens is 347 g/mol. The zero-order chi connectivity index (χ0) is 18.9. The molecule has 8 heteroatoms. The Morgan fingerprint density at radius 1 is 1.19 bits per heavy atom. The predicted octanol–water partition coefficient (Wildman–Crippen LogP) is 2.97. The van der Waals surface area contributed by atoms with E-state index in [9.17, 15) is 22.8 Å². The summed E-state index contributed by atoms with van der Waals surface area (Å²) >= 11 is 0. The van der Waals surface area contributed by atoms with E-state index in [-0.39, 0.29) is 23.3 Å². The van der Waals surface area contributed by atoms with Crippen LogP contribution in [0.5, 0.6) is 0 Å². The van der Waals surface area contributed by atoms with Gasteiger partial charge in [-0.15, -0.1) is 0 Å². The summed E-state index contributed by atoms with van der Waals surface area (Å²) in [7, 11) is 1.58. The highest BCUT2D eigenvalue weighted by Gasteiger charge is 2.36. The number of nitrogens with zero attached hydrogens (tertiary/aromatic N) is 2. The van der Waals surface area contributed by atoms with Gasteiger partial charge < -0.3 is 10.2 Å². The van der Waals surface area contributed by atoms with Crippen LogP contribution in [-0.4, -0.2) is 41.8 Å². The minimum Gasteiger partial charge on any atom is -0.359 e. The van der Waals surface area contributed by atoms with E-state index in [4.69, 9.17) is 0 Å². The van der Waals surface area contributed by atoms with Crippen LogP contribution in [0.2, 0.25) is 0 Å². The molecule has 2 aliphatic rings. The fraction of sp³-hybridized carbons (Fsp3) is 0.611. The molecule has 1 aliphatic heterocycles. The monoisotopic (exact) mass is 369 g/mol. The van der Waals surface area contributed by atoms with Gasteiger partial charge in [-0.3, -0.25) is 9.59 Å². The number of alkyl halides is 3. The van der Waals surface area contributed by atoms with Gasteiger partial charge in [0.15, 0.2) is 0 Å². The summed E-state index contributed by atoms with van der Waals surface area (Å²) in [6.45, 7) is 0.895. The van der Waals surface area contributed by atoms with Crippen LogP contribution in [0.1, 0.15) is 59.8 Å². The van der Waals surface area contributed by atoms with Crippen LogP contribution in [0.4, 0.5) is 13.2 Å². The van der Waals surface area contributed by atoms with Gasteiger partial charge in [0, 0.05) is 43.7 Å². The van der Waals surface area contributed by atoms with Crippen LogP contribution in [-0.2, 0) is 11.0 Å². The van der Waals surface area contributed by atoms with Crippen molar-refractivity contribution in [2.75, 3.05) is 20.1 Å². The Morgan fingerprint density at radius 2 is 1.85 bits per heavy atom. The maximum Gasteiger partial charge on any atom is 0.433 e. The van der Waals surface area contributed by atoms with Gasteiger partial charge in [-0.25, -0.2) is 4.98 Å². The molecule has 142 valence electrons. The summed E-state index contributed by atoms with van der Waals surface area (Å²) in [5.74, 6) is -0.197. The fourth-order valence-electron chi connectivity index (χ4n) is 3.30. The van der Waals surface area contributed by atoms with Crippen molar-refractivity contribution < 1.29 is 22.8 Å². The Bertz CT molecular complexity index is 693. The number of carbonyl (C=O) groups is 2. The van der Waals surface area contributed by atoms with Crippen LogP contribution in [0, 0.1) is 5.92 Å². The predicted molar refractivity (Wildman–Crippen MR) is 88.5 cm³/mol. The first-order valence-corrected chi connectivity index (χ1v) is 8.87. The van der Waals surface area contributed by atoms with Crippen LogP contribution >= 0.6 is 0 Å². The molecule has 0 aromatic carbocycles. The summed E-state index contributed by atoms with van der Waals surface area (Å²) in [6.07, 6.45) is -1.18. The van der Waals surface area contributed by atoms with Crippen molar-refractivity contribution >= 4 is 11.8 Å². The molecule has 1 aliphatic carbocycles. The van der Waals surface area contributed by atoms with Gasteiger partial charge in [0.1, 0.15) is 5.69 Å². The second-order valence-electron chi connectivity index (χ2n) is 7.05. The van der Waals surface area contributed by atoms with Gasteiger partial charge in [0.2, 0.25) is 5.91 Å². The Hall–Kier alpha value is -2.12. The second-order valence-corrected chi connectivity index (χ2v) is 7.05. The molecule has 0 spiro atoms. The highest BCUT2D eigenvalue weighted by atomic mass is 19.4. The van der Waals surface area contributed by atoms with E-state index in [1.54, 1.807) is 11.9 Å². The lowest BCUT2D eigenvalue weighted by Gasteiger charge is -2.32. The smallest absolute Gasteiger partial charge is 0.359 e. The zero-order valence-electron chi connectivity index (χ0n) is 14.6. The first-order valence-electron chi connectivity index (χ1n) is 8.87. The number of piperidine rings is 1. The van der Waals surface area contributed by atoms with Gasteiger partial charge in [-0.05, 0) is 43.7 Å². The molecule has 1 saturated heterocycles. The first kappa shape index (κ1) is 18.7. The summed E-state index contributed by atoms with van der Waals surface area (Å²) in [5.41, 5.74) is -0.587. The number of aromatic nitrogens is 1. The van der Waals surface area contributed by atoms with Gasteiger partial charge in [-0.1, -0.05) is 0 Å². The van der Waals surface area contributed by atoms with Gasteiger partial charge >= 0.3 is 6.18 Å². The molecular formula is C18H22F3N3O2. The maximum absolute atomic E-state index is 13.1. The number of pyridine rings is 1. The Kier molecular flexibility index (Phi) is 5.20. The molecule has 2 fully saturated rings. The molecule has 0 radical (unpaired) electrons. The average molecular weight is 369 g/mol. The topological polar surface area (TPSA) is 62.3 Å². The molecule has 0 bridgehead atoms. The summed E-state index contributed by atoms with van der Waals surface area (Å²) < 4.78 is 39.4. The zero-order valence-corrected chi connectivity index (χ0v) is 14.6. The van der Waals surface area contributed by atoms with Crippen molar-refractivity contribution in [3.05, 3.63) is 29.1 Å². The molecule has 2 amide bonds. The number of halogens is 3. The molecule has 0 unspecified atom stereocenters. The van der Waals surface area contributed by atoms with Crippen molar-refractivity contribution in [1.29, 1.82) is 0 Å². The summed E-state index contributed by atoms with van der Waals surface area (Å²) in [5, 5.41) is 2.58. The number of amides is 2. The standard InChI is InChI=1S/C18H22F3N3O2/c1-22-16(25)8-11-4-6-24(7-5-11)17(26)13-9-14(12-2-3-12)23-15(10-13)18(19,20)21/h9-12H,2-8H2,1H3,(H,22,25). The van der Waals surface area contributed by atoms with Crippen molar-refractivity contribution in [2.45, 2.75) is 44.2 Å². The molecule has 2 heterocycles. The molecule has 1 N–H and O–H groups in total. The lowest BCUT2D eigenvalue weighted by Crippen LogP contribution is -2.39. The highest BCUT2D eigenvalue weighted by Crippen LogP contribution is 2.41. The Balaban J connectivity index is 1.72. The number of carbonyl (C=O) groups excluding carboxylic acids is 2. The molecule has 1 aromatic heterocycles. The third kappa shape index (κ3) is 4.34. The summed E-state index contributed by atoms with van der Waals surface area (Å²) in [6, 6.07) is 2.36. The number of hydrogen-bond donors (Lipinski definition) is 1. The molecule has 26 heavy (non-hydrogen) atoms. The van der Waals surface area contributed by atoms with Gasteiger partial charge in [-0.2, -0.15) is 13.2 Å². The lowest BCUT2D eigenvalue weighted by atomic mass is 9.93. The number of nitrogens with one attached hydrogen (secondary N) is 1. The fourth-order valence-corrected chi connectivity index (χ4v) is 3.30. The van der Waals surface area contributed by atoms with E-state index in [1.165, 1.54) is 6.07 Å². The van der Waals surface area contributed by atoms with Crippen LogP contribution < -0.4 is 5.32 Å². The molecule has 5 nitrogen and oxygen atoms in total.